The molecule has 34 heavy (non-hydrogen) atoms. The fourth-order valence-electron chi connectivity index (χ4n) is 3.38. The van der Waals surface area contributed by atoms with Crippen LogP contribution < -0.4 is 5.43 Å². The molecular weight excluding hydrogens is 489 g/mol. The number of aromatic amines is 1. The van der Waals surface area contributed by atoms with E-state index in [4.69, 9.17) is 0 Å². The van der Waals surface area contributed by atoms with Crippen molar-refractivity contribution in [2.45, 2.75) is 29.5 Å². The summed E-state index contributed by atoms with van der Waals surface area (Å²) in [6, 6.07) is 29.3. The van der Waals surface area contributed by atoms with Crippen LogP contribution in [-0.4, -0.2) is 4.98 Å². The SMILES string of the molecule is O=c1c(Sc2ccccc2)c(Sc2ccccc2)[nH]c2c(Sc3ccccc3)c(F)c(F)cc12. The summed E-state index contributed by atoms with van der Waals surface area (Å²) in [5.41, 5.74) is -0.0524. The second-order valence-electron chi connectivity index (χ2n) is 7.28. The molecule has 5 aromatic rings. The highest BCUT2D eigenvalue weighted by Crippen LogP contribution is 2.40. The van der Waals surface area contributed by atoms with Gasteiger partial charge in [-0.15, -0.1) is 0 Å². The number of halogens is 2. The van der Waals surface area contributed by atoms with Crippen LogP contribution in [0, 0.1) is 11.6 Å². The Hall–Kier alpha value is -3.00. The van der Waals surface area contributed by atoms with E-state index in [-0.39, 0.29) is 21.2 Å². The van der Waals surface area contributed by atoms with E-state index in [0.29, 0.717) is 9.92 Å². The summed E-state index contributed by atoms with van der Waals surface area (Å²) in [6.45, 7) is 0. The Morgan fingerprint density at radius 3 is 1.62 bits per heavy atom. The van der Waals surface area contributed by atoms with E-state index in [0.717, 1.165) is 32.5 Å². The molecule has 0 atom stereocenters. The van der Waals surface area contributed by atoms with Gasteiger partial charge in [-0.1, -0.05) is 89.9 Å². The summed E-state index contributed by atoms with van der Waals surface area (Å²) >= 11 is 3.78. The molecule has 0 aliphatic rings. The number of nitrogens with one attached hydrogen (secondary N) is 1. The molecule has 168 valence electrons. The van der Waals surface area contributed by atoms with Crippen molar-refractivity contribution >= 4 is 46.2 Å². The Bertz CT molecular complexity index is 1510. The van der Waals surface area contributed by atoms with Crippen molar-refractivity contribution in [3.8, 4) is 0 Å². The average molecular weight is 506 g/mol. The number of benzene rings is 4. The van der Waals surface area contributed by atoms with Crippen LogP contribution in [0.4, 0.5) is 8.78 Å². The predicted octanol–water partition coefficient (Wildman–Crippen LogP) is 8.26. The molecule has 0 saturated carbocycles. The second-order valence-corrected chi connectivity index (χ2v) is 10.5. The van der Waals surface area contributed by atoms with Gasteiger partial charge in [0.1, 0.15) is 0 Å². The molecule has 7 heteroatoms. The minimum Gasteiger partial charge on any atom is -0.347 e. The summed E-state index contributed by atoms with van der Waals surface area (Å²) in [6.07, 6.45) is 0. The Balaban J connectivity index is 1.73. The molecule has 5 rings (SSSR count). The van der Waals surface area contributed by atoms with Gasteiger partial charge in [0.2, 0.25) is 5.43 Å². The number of pyridine rings is 1. The van der Waals surface area contributed by atoms with Gasteiger partial charge >= 0.3 is 0 Å². The lowest BCUT2D eigenvalue weighted by Gasteiger charge is -2.14. The van der Waals surface area contributed by atoms with Crippen molar-refractivity contribution < 1.29 is 8.78 Å². The summed E-state index contributed by atoms with van der Waals surface area (Å²) in [5.74, 6) is -2.02. The zero-order valence-electron chi connectivity index (χ0n) is 17.6. The highest BCUT2D eigenvalue weighted by molar-refractivity contribution is 8.02. The minimum absolute atomic E-state index is 0.0597. The fraction of sp³-hybridized carbons (Fsp3) is 0. The lowest BCUT2D eigenvalue weighted by Crippen LogP contribution is -2.10. The largest absolute Gasteiger partial charge is 0.347 e. The highest BCUT2D eigenvalue weighted by Gasteiger charge is 2.22. The normalized spacial score (nSPS) is 11.1. The maximum absolute atomic E-state index is 15.0. The summed E-state index contributed by atoms with van der Waals surface area (Å²) in [4.78, 5) is 20.0. The Labute approximate surface area is 207 Å². The smallest absolute Gasteiger partial charge is 0.204 e. The minimum atomic E-state index is -1.05. The van der Waals surface area contributed by atoms with Gasteiger partial charge in [0.25, 0.3) is 0 Å². The number of H-pyrrole nitrogens is 1. The van der Waals surface area contributed by atoms with Gasteiger partial charge in [-0.2, -0.15) is 0 Å². The molecule has 0 saturated heterocycles. The molecule has 0 amide bonds. The van der Waals surface area contributed by atoms with Gasteiger partial charge in [-0.25, -0.2) is 8.78 Å². The van der Waals surface area contributed by atoms with Crippen molar-refractivity contribution in [1.29, 1.82) is 0 Å². The third-order valence-electron chi connectivity index (χ3n) is 4.96. The monoisotopic (exact) mass is 505 g/mol. The molecule has 1 heterocycles. The maximum Gasteiger partial charge on any atom is 0.204 e. The van der Waals surface area contributed by atoms with Gasteiger partial charge in [0, 0.05) is 14.7 Å². The van der Waals surface area contributed by atoms with Crippen molar-refractivity contribution in [2.24, 2.45) is 0 Å². The molecule has 0 aliphatic heterocycles. The predicted molar refractivity (Wildman–Crippen MR) is 136 cm³/mol. The van der Waals surface area contributed by atoms with Crippen molar-refractivity contribution in [3.63, 3.8) is 0 Å². The van der Waals surface area contributed by atoms with Crippen molar-refractivity contribution in [1.82, 2.24) is 4.98 Å². The van der Waals surface area contributed by atoms with E-state index in [1.54, 1.807) is 0 Å². The van der Waals surface area contributed by atoms with Crippen LogP contribution >= 0.6 is 35.3 Å². The molecular formula is C27H17F2NOS3. The first kappa shape index (κ1) is 22.8. The van der Waals surface area contributed by atoms with E-state index in [2.05, 4.69) is 4.98 Å². The Morgan fingerprint density at radius 1 is 0.618 bits per heavy atom. The van der Waals surface area contributed by atoms with E-state index >= 15 is 4.39 Å². The third kappa shape index (κ3) is 4.78. The van der Waals surface area contributed by atoms with Crippen molar-refractivity contribution in [3.05, 3.63) is 119 Å². The zero-order chi connectivity index (χ0) is 23.5. The lowest BCUT2D eigenvalue weighted by atomic mass is 10.2. The number of hydrogen-bond acceptors (Lipinski definition) is 4. The van der Waals surface area contributed by atoms with Gasteiger partial charge < -0.3 is 4.98 Å². The van der Waals surface area contributed by atoms with E-state index < -0.39 is 11.6 Å². The zero-order valence-corrected chi connectivity index (χ0v) is 20.1. The Kier molecular flexibility index (Phi) is 6.76. The summed E-state index contributed by atoms with van der Waals surface area (Å²) in [7, 11) is 0. The molecule has 2 nitrogen and oxygen atoms in total. The highest BCUT2D eigenvalue weighted by atomic mass is 32.2. The van der Waals surface area contributed by atoms with E-state index in [1.807, 2.05) is 91.0 Å². The van der Waals surface area contributed by atoms with Crippen LogP contribution in [0.15, 0.2) is 131 Å². The standard InChI is InChI=1S/C27H17F2NOS3/c28-21-16-20-23(25(22(21)29)32-17-10-4-1-5-11-17)30-27(34-19-14-8-3-9-15-19)26(24(20)31)33-18-12-6-2-7-13-18/h1-16H,(H,30,31). The topological polar surface area (TPSA) is 32.9 Å². The van der Waals surface area contributed by atoms with Gasteiger partial charge in [0.05, 0.1) is 25.7 Å². The van der Waals surface area contributed by atoms with E-state index in [1.165, 1.54) is 23.5 Å². The first-order valence-electron chi connectivity index (χ1n) is 10.4. The first-order chi connectivity index (χ1) is 16.6. The molecule has 0 spiro atoms. The first-order valence-corrected chi connectivity index (χ1v) is 12.8. The second kappa shape index (κ2) is 10.1. The average Bonchev–Trinajstić information content (AvgIpc) is 2.87. The molecule has 4 aromatic carbocycles. The van der Waals surface area contributed by atoms with Gasteiger partial charge in [0.15, 0.2) is 11.6 Å². The number of aromatic nitrogens is 1. The fourth-order valence-corrected chi connectivity index (χ4v) is 6.35. The van der Waals surface area contributed by atoms with Crippen LogP contribution in [0.2, 0.25) is 0 Å². The third-order valence-corrected chi connectivity index (χ3v) is 8.31. The molecule has 1 aromatic heterocycles. The van der Waals surface area contributed by atoms with Gasteiger partial charge in [-0.3, -0.25) is 4.79 Å². The van der Waals surface area contributed by atoms with Crippen LogP contribution in [0.3, 0.4) is 0 Å². The molecule has 0 aliphatic carbocycles. The molecule has 1 N–H and O–H groups in total. The van der Waals surface area contributed by atoms with Crippen LogP contribution in [-0.2, 0) is 0 Å². The Morgan fingerprint density at radius 2 is 1.09 bits per heavy atom. The summed E-state index contributed by atoms with van der Waals surface area (Å²) in [5, 5.41) is 0.701. The maximum atomic E-state index is 15.0. The van der Waals surface area contributed by atoms with Crippen LogP contribution in [0.5, 0.6) is 0 Å². The molecule has 0 fully saturated rings. The van der Waals surface area contributed by atoms with Crippen LogP contribution in [0.25, 0.3) is 10.9 Å². The number of hydrogen-bond donors (Lipinski definition) is 1. The molecule has 0 radical (unpaired) electrons. The lowest BCUT2D eigenvalue weighted by molar-refractivity contribution is 0.494. The number of rotatable bonds is 6. The number of fused-ring (bicyclic) bond motifs is 1. The summed E-state index contributed by atoms with van der Waals surface area (Å²) < 4.78 is 29.7. The van der Waals surface area contributed by atoms with Gasteiger partial charge in [-0.05, 0) is 42.5 Å². The van der Waals surface area contributed by atoms with Crippen molar-refractivity contribution in [2.75, 3.05) is 0 Å². The quantitative estimate of drug-likeness (QED) is 0.252. The molecule has 0 bridgehead atoms. The van der Waals surface area contributed by atoms with Crippen LogP contribution in [0.1, 0.15) is 0 Å². The molecule has 0 unspecified atom stereocenters. The van der Waals surface area contributed by atoms with E-state index in [9.17, 15) is 9.18 Å².